The Kier molecular flexibility index (Phi) is 8.69. The van der Waals surface area contributed by atoms with Crippen LogP contribution in [0.5, 0.6) is 5.75 Å². The van der Waals surface area contributed by atoms with Crippen molar-refractivity contribution in [3.05, 3.63) is 80.4 Å². The highest BCUT2D eigenvalue weighted by Gasteiger charge is 2.35. The average Bonchev–Trinajstić information content (AvgIpc) is 2.81. The van der Waals surface area contributed by atoms with Crippen LogP contribution in [0.3, 0.4) is 0 Å². The van der Waals surface area contributed by atoms with Gasteiger partial charge in [-0.15, -0.1) is 0 Å². The van der Waals surface area contributed by atoms with Gasteiger partial charge in [0.25, 0.3) is 11.8 Å². The standard InChI is InChI=1S/C26H22Cl2N2O5/c1-16-22(25(32)30(26(33)23(16)14-29)10-3-11-34-17(2)31)12-18-4-8-21(9-5-18)35-15-19-6-7-20(27)13-24(19)28/h4-9,12-13H,3,10-11,15H2,1-2H3/b22-12+. The summed E-state index contributed by atoms with van der Waals surface area (Å²) in [6.45, 7) is 3.21. The largest absolute Gasteiger partial charge is 0.489 e. The molecule has 0 N–H and O–H groups in total. The first kappa shape index (κ1) is 26.0. The van der Waals surface area contributed by atoms with Crippen molar-refractivity contribution >= 4 is 47.1 Å². The Balaban J connectivity index is 1.76. The highest BCUT2D eigenvalue weighted by Crippen LogP contribution is 2.28. The first-order chi connectivity index (χ1) is 16.7. The molecular formula is C26H22Cl2N2O5. The molecule has 2 amide bonds. The summed E-state index contributed by atoms with van der Waals surface area (Å²) in [5.41, 5.74) is 1.95. The Bertz CT molecular complexity index is 1260. The van der Waals surface area contributed by atoms with Crippen molar-refractivity contribution in [3.8, 4) is 11.8 Å². The third-order valence-corrected chi connectivity index (χ3v) is 5.84. The molecule has 7 nitrogen and oxygen atoms in total. The molecule has 1 aliphatic rings. The number of hydrogen-bond donors (Lipinski definition) is 0. The van der Waals surface area contributed by atoms with Crippen molar-refractivity contribution in [2.75, 3.05) is 13.2 Å². The zero-order valence-electron chi connectivity index (χ0n) is 19.1. The fourth-order valence-electron chi connectivity index (χ4n) is 3.40. The van der Waals surface area contributed by atoms with Crippen LogP contribution in [-0.2, 0) is 25.7 Å². The highest BCUT2D eigenvalue weighted by atomic mass is 35.5. The van der Waals surface area contributed by atoms with Crippen LogP contribution in [0.15, 0.2) is 59.2 Å². The van der Waals surface area contributed by atoms with E-state index in [2.05, 4.69) is 0 Å². The quantitative estimate of drug-likeness (QED) is 0.211. The average molecular weight is 513 g/mol. The minimum absolute atomic E-state index is 0.0286. The summed E-state index contributed by atoms with van der Waals surface area (Å²) in [7, 11) is 0. The first-order valence-corrected chi connectivity index (χ1v) is 11.5. The van der Waals surface area contributed by atoms with Crippen LogP contribution in [0.2, 0.25) is 10.0 Å². The summed E-state index contributed by atoms with van der Waals surface area (Å²) < 4.78 is 10.6. The molecule has 0 unspecified atom stereocenters. The number of carbonyl (C=O) groups excluding carboxylic acids is 3. The van der Waals surface area contributed by atoms with E-state index < -0.39 is 17.8 Å². The molecule has 0 aliphatic carbocycles. The van der Waals surface area contributed by atoms with Gasteiger partial charge >= 0.3 is 5.97 Å². The predicted molar refractivity (Wildman–Crippen MR) is 131 cm³/mol. The van der Waals surface area contributed by atoms with Gasteiger partial charge in [0.2, 0.25) is 0 Å². The molecule has 2 aromatic rings. The number of halogens is 2. The molecule has 180 valence electrons. The number of imide groups is 1. The van der Waals surface area contributed by atoms with Crippen LogP contribution in [0.4, 0.5) is 0 Å². The monoisotopic (exact) mass is 512 g/mol. The summed E-state index contributed by atoms with van der Waals surface area (Å²) in [5, 5.41) is 10.5. The van der Waals surface area contributed by atoms with Crippen LogP contribution in [0, 0.1) is 11.3 Å². The van der Waals surface area contributed by atoms with E-state index in [0.29, 0.717) is 26.9 Å². The summed E-state index contributed by atoms with van der Waals surface area (Å²) in [4.78, 5) is 37.6. The molecule has 35 heavy (non-hydrogen) atoms. The Labute approximate surface area is 213 Å². The second kappa shape index (κ2) is 11.7. The molecule has 9 heteroatoms. The minimum Gasteiger partial charge on any atom is -0.489 e. The number of rotatable bonds is 8. The number of amides is 2. The summed E-state index contributed by atoms with van der Waals surface area (Å²) in [6.07, 6.45) is 1.89. The van der Waals surface area contributed by atoms with Gasteiger partial charge in [-0.05, 0) is 54.8 Å². The molecule has 0 atom stereocenters. The summed E-state index contributed by atoms with van der Waals surface area (Å²) >= 11 is 12.1. The van der Waals surface area contributed by atoms with E-state index in [1.54, 1.807) is 55.5 Å². The van der Waals surface area contributed by atoms with E-state index in [0.717, 1.165) is 10.5 Å². The number of esters is 1. The molecule has 0 saturated carbocycles. The Morgan fingerprint density at radius 3 is 2.46 bits per heavy atom. The van der Waals surface area contributed by atoms with E-state index in [1.165, 1.54) is 6.92 Å². The van der Waals surface area contributed by atoms with E-state index in [1.807, 2.05) is 6.07 Å². The van der Waals surface area contributed by atoms with Crippen LogP contribution >= 0.6 is 23.2 Å². The van der Waals surface area contributed by atoms with Gasteiger partial charge < -0.3 is 9.47 Å². The van der Waals surface area contributed by atoms with Crippen LogP contribution in [-0.4, -0.2) is 35.8 Å². The highest BCUT2D eigenvalue weighted by molar-refractivity contribution is 6.35. The van der Waals surface area contributed by atoms with E-state index in [9.17, 15) is 19.6 Å². The van der Waals surface area contributed by atoms with Crippen molar-refractivity contribution in [2.24, 2.45) is 0 Å². The van der Waals surface area contributed by atoms with Gasteiger partial charge in [-0.2, -0.15) is 5.26 Å². The molecular weight excluding hydrogens is 491 g/mol. The van der Waals surface area contributed by atoms with Gasteiger partial charge in [0.05, 0.1) is 6.61 Å². The zero-order valence-corrected chi connectivity index (χ0v) is 20.7. The Morgan fingerprint density at radius 1 is 1.11 bits per heavy atom. The second-order valence-electron chi connectivity index (χ2n) is 7.72. The number of nitriles is 1. The number of hydrogen-bond acceptors (Lipinski definition) is 6. The molecule has 1 aliphatic heterocycles. The van der Waals surface area contributed by atoms with Crippen molar-refractivity contribution < 1.29 is 23.9 Å². The maximum atomic E-state index is 13.1. The number of benzene rings is 2. The van der Waals surface area contributed by atoms with Crippen molar-refractivity contribution in [2.45, 2.75) is 26.9 Å². The molecule has 0 fully saturated rings. The molecule has 2 aromatic carbocycles. The number of ether oxygens (including phenoxy) is 2. The first-order valence-electron chi connectivity index (χ1n) is 10.7. The minimum atomic E-state index is -0.653. The van der Waals surface area contributed by atoms with Gasteiger partial charge in [0, 0.05) is 34.7 Å². The molecule has 0 radical (unpaired) electrons. The Morgan fingerprint density at radius 2 is 1.83 bits per heavy atom. The van der Waals surface area contributed by atoms with Crippen LogP contribution < -0.4 is 4.74 Å². The lowest BCUT2D eigenvalue weighted by atomic mass is 9.93. The van der Waals surface area contributed by atoms with Crippen LogP contribution in [0.1, 0.15) is 31.4 Å². The predicted octanol–water partition coefficient (Wildman–Crippen LogP) is 5.12. The molecule has 0 aromatic heterocycles. The van der Waals surface area contributed by atoms with Crippen molar-refractivity contribution in [1.29, 1.82) is 5.26 Å². The lowest BCUT2D eigenvalue weighted by molar-refractivity contribution is -0.141. The van der Waals surface area contributed by atoms with Gasteiger partial charge in [-0.3, -0.25) is 19.3 Å². The smallest absolute Gasteiger partial charge is 0.302 e. The number of nitrogens with zero attached hydrogens (tertiary/aromatic N) is 2. The molecule has 3 rings (SSSR count). The van der Waals surface area contributed by atoms with E-state index >= 15 is 0 Å². The van der Waals surface area contributed by atoms with Crippen LogP contribution in [0.25, 0.3) is 6.08 Å². The van der Waals surface area contributed by atoms with Crippen molar-refractivity contribution in [3.63, 3.8) is 0 Å². The van der Waals surface area contributed by atoms with Gasteiger partial charge in [-0.25, -0.2) is 0 Å². The lowest BCUT2D eigenvalue weighted by Gasteiger charge is -2.27. The third kappa shape index (κ3) is 6.50. The van der Waals surface area contributed by atoms with E-state index in [-0.39, 0.29) is 37.3 Å². The van der Waals surface area contributed by atoms with Crippen molar-refractivity contribution in [1.82, 2.24) is 4.90 Å². The van der Waals surface area contributed by atoms with Gasteiger partial charge in [0.15, 0.2) is 0 Å². The topological polar surface area (TPSA) is 96.7 Å². The SMILES string of the molecule is CC(=O)OCCCN1C(=O)C(C#N)=C(C)/C(=C\c2ccc(OCc3ccc(Cl)cc3Cl)cc2)C1=O. The maximum Gasteiger partial charge on any atom is 0.302 e. The molecule has 0 bridgehead atoms. The summed E-state index contributed by atoms with van der Waals surface area (Å²) in [6, 6.07) is 14.1. The molecule has 0 saturated heterocycles. The van der Waals surface area contributed by atoms with E-state index in [4.69, 9.17) is 32.7 Å². The Hall–Kier alpha value is -3.60. The maximum absolute atomic E-state index is 13.1. The molecule has 1 heterocycles. The van der Waals surface area contributed by atoms with Gasteiger partial charge in [-0.1, -0.05) is 41.4 Å². The van der Waals surface area contributed by atoms with Gasteiger partial charge in [0.1, 0.15) is 24.0 Å². The second-order valence-corrected chi connectivity index (χ2v) is 8.56. The normalized spacial score (nSPS) is 14.8. The fraction of sp³-hybridized carbons (Fsp3) is 0.231. The zero-order chi connectivity index (χ0) is 25.5. The molecule has 0 spiro atoms. The fourth-order valence-corrected chi connectivity index (χ4v) is 3.86. The lowest BCUT2D eigenvalue weighted by Crippen LogP contribution is -2.43. The third-order valence-electron chi connectivity index (χ3n) is 5.26. The number of carbonyl (C=O) groups is 3. The summed E-state index contributed by atoms with van der Waals surface area (Å²) in [5.74, 6) is -1.01.